The van der Waals surface area contributed by atoms with E-state index in [1.165, 1.54) is 109 Å². The van der Waals surface area contributed by atoms with E-state index in [0.717, 1.165) is 51.4 Å². The molecule has 5 nitrogen and oxygen atoms in total. The summed E-state index contributed by atoms with van der Waals surface area (Å²) in [5, 5.41) is 32.9. The van der Waals surface area contributed by atoms with Crippen LogP contribution in [0.15, 0.2) is 48.6 Å². The molecule has 0 aliphatic rings. The van der Waals surface area contributed by atoms with Gasteiger partial charge in [-0.1, -0.05) is 172 Å². The van der Waals surface area contributed by atoms with Gasteiger partial charge < -0.3 is 20.6 Å². The van der Waals surface area contributed by atoms with Gasteiger partial charge in [0.15, 0.2) is 0 Å². The molecule has 46 heavy (non-hydrogen) atoms. The molecular formula is C41H75NO4. The topological polar surface area (TPSA) is 89.8 Å². The molecule has 0 aromatic carbocycles. The Morgan fingerprint density at radius 3 is 1.57 bits per heavy atom. The first-order valence-corrected chi connectivity index (χ1v) is 19.5. The van der Waals surface area contributed by atoms with Crippen molar-refractivity contribution >= 4 is 5.91 Å². The predicted molar refractivity (Wildman–Crippen MR) is 199 cm³/mol. The van der Waals surface area contributed by atoms with Crippen LogP contribution in [0.1, 0.15) is 181 Å². The normalized spacial score (nSPS) is 14.3. The molecule has 268 valence electrons. The lowest BCUT2D eigenvalue weighted by atomic mass is 10.0. The van der Waals surface area contributed by atoms with Crippen LogP contribution in [-0.4, -0.2) is 46.1 Å². The molecule has 0 bridgehead atoms. The van der Waals surface area contributed by atoms with Crippen LogP contribution in [0.25, 0.3) is 0 Å². The molecule has 0 aliphatic carbocycles. The molecule has 3 unspecified atom stereocenters. The maximum absolute atomic E-state index is 12.4. The van der Waals surface area contributed by atoms with Crippen molar-refractivity contribution in [2.45, 2.75) is 199 Å². The molecule has 0 saturated heterocycles. The number of hydrogen-bond donors (Lipinski definition) is 4. The van der Waals surface area contributed by atoms with Crippen LogP contribution in [0.4, 0.5) is 0 Å². The molecule has 4 N–H and O–H groups in total. The second kappa shape index (κ2) is 36.2. The van der Waals surface area contributed by atoms with E-state index in [0.29, 0.717) is 6.42 Å². The summed E-state index contributed by atoms with van der Waals surface area (Å²) in [4.78, 5) is 12.4. The molecule has 0 fully saturated rings. The van der Waals surface area contributed by atoms with Crippen molar-refractivity contribution in [2.75, 3.05) is 6.61 Å². The number of amides is 1. The SMILES string of the molecule is CC/C=C\C/C=C\CCCCCCCCCCCCCCCC(O)C(=O)NC(CO)C(O)/C=C/CC/C=C/CCCCCCCC. The van der Waals surface area contributed by atoms with E-state index in [2.05, 4.69) is 55.6 Å². The molecule has 0 aromatic heterocycles. The Kier molecular flexibility index (Phi) is 34.8. The van der Waals surface area contributed by atoms with Gasteiger partial charge in [0, 0.05) is 0 Å². The third kappa shape index (κ3) is 30.9. The number of aliphatic hydroxyl groups is 3. The van der Waals surface area contributed by atoms with Crippen LogP contribution in [-0.2, 0) is 4.79 Å². The number of unbranched alkanes of at least 4 members (excludes halogenated alkanes) is 20. The van der Waals surface area contributed by atoms with Crippen molar-refractivity contribution in [1.82, 2.24) is 5.32 Å². The highest BCUT2D eigenvalue weighted by molar-refractivity contribution is 5.80. The lowest BCUT2D eigenvalue weighted by molar-refractivity contribution is -0.131. The zero-order chi connectivity index (χ0) is 33.8. The largest absolute Gasteiger partial charge is 0.394 e. The lowest BCUT2D eigenvalue weighted by Crippen LogP contribution is -2.48. The van der Waals surface area contributed by atoms with Crippen LogP contribution in [0.2, 0.25) is 0 Å². The van der Waals surface area contributed by atoms with Crippen molar-refractivity contribution in [2.24, 2.45) is 0 Å². The van der Waals surface area contributed by atoms with Gasteiger partial charge in [0.2, 0.25) is 5.91 Å². The minimum absolute atomic E-state index is 0.377. The molecule has 0 aromatic rings. The van der Waals surface area contributed by atoms with Crippen molar-refractivity contribution in [3.8, 4) is 0 Å². The van der Waals surface area contributed by atoms with Crippen molar-refractivity contribution < 1.29 is 20.1 Å². The Morgan fingerprint density at radius 1 is 0.565 bits per heavy atom. The maximum Gasteiger partial charge on any atom is 0.249 e. The molecule has 1 amide bonds. The van der Waals surface area contributed by atoms with Gasteiger partial charge >= 0.3 is 0 Å². The molecule has 0 rings (SSSR count). The van der Waals surface area contributed by atoms with E-state index in [1.807, 2.05) is 6.08 Å². The van der Waals surface area contributed by atoms with E-state index in [-0.39, 0.29) is 6.61 Å². The second-order valence-corrected chi connectivity index (χ2v) is 13.1. The summed E-state index contributed by atoms with van der Waals surface area (Å²) < 4.78 is 0. The Bertz CT molecular complexity index is 760. The fourth-order valence-electron chi connectivity index (χ4n) is 5.59. The molecule has 0 heterocycles. The van der Waals surface area contributed by atoms with Gasteiger partial charge in [0.25, 0.3) is 0 Å². The van der Waals surface area contributed by atoms with Crippen LogP contribution in [0.5, 0.6) is 0 Å². The molecular weight excluding hydrogens is 570 g/mol. The number of hydrogen-bond acceptors (Lipinski definition) is 4. The summed E-state index contributed by atoms with van der Waals surface area (Å²) >= 11 is 0. The van der Waals surface area contributed by atoms with Crippen molar-refractivity contribution in [3.63, 3.8) is 0 Å². The molecule has 0 aliphatic heterocycles. The Morgan fingerprint density at radius 2 is 1.02 bits per heavy atom. The molecule has 3 atom stereocenters. The number of allylic oxidation sites excluding steroid dienone is 7. The fourth-order valence-corrected chi connectivity index (χ4v) is 5.59. The zero-order valence-corrected chi connectivity index (χ0v) is 30.2. The molecule has 0 spiro atoms. The molecule has 5 heteroatoms. The van der Waals surface area contributed by atoms with Gasteiger partial charge in [-0.25, -0.2) is 0 Å². The molecule has 0 saturated carbocycles. The fraction of sp³-hybridized carbons (Fsp3) is 0.780. The summed E-state index contributed by atoms with van der Waals surface area (Å²) in [6.07, 6.45) is 45.6. The minimum Gasteiger partial charge on any atom is -0.394 e. The number of nitrogens with one attached hydrogen (secondary N) is 1. The highest BCUT2D eigenvalue weighted by Gasteiger charge is 2.22. The third-order valence-corrected chi connectivity index (χ3v) is 8.65. The molecule has 0 radical (unpaired) electrons. The van der Waals surface area contributed by atoms with Crippen LogP contribution in [0, 0.1) is 0 Å². The Hall–Kier alpha value is -1.69. The lowest BCUT2D eigenvalue weighted by Gasteiger charge is -2.21. The monoisotopic (exact) mass is 646 g/mol. The maximum atomic E-state index is 12.4. The minimum atomic E-state index is -1.11. The number of carbonyl (C=O) groups is 1. The highest BCUT2D eigenvalue weighted by Crippen LogP contribution is 2.14. The van der Waals surface area contributed by atoms with E-state index in [1.54, 1.807) is 6.08 Å². The van der Waals surface area contributed by atoms with Crippen LogP contribution in [0.3, 0.4) is 0 Å². The Balaban J connectivity index is 3.71. The number of carbonyl (C=O) groups excluding carboxylic acids is 1. The summed E-state index contributed by atoms with van der Waals surface area (Å²) in [5.74, 6) is -0.517. The summed E-state index contributed by atoms with van der Waals surface area (Å²) in [7, 11) is 0. The van der Waals surface area contributed by atoms with Gasteiger partial charge in [-0.15, -0.1) is 0 Å². The van der Waals surface area contributed by atoms with Gasteiger partial charge in [-0.2, -0.15) is 0 Å². The van der Waals surface area contributed by atoms with Gasteiger partial charge in [0.1, 0.15) is 6.10 Å². The quantitative estimate of drug-likeness (QED) is 0.0414. The first-order chi connectivity index (χ1) is 22.6. The summed E-state index contributed by atoms with van der Waals surface area (Å²) in [6.45, 7) is 4.03. The summed E-state index contributed by atoms with van der Waals surface area (Å²) in [5.41, 5.74) is 0. The average Bonchev–Trinajstić information content (AvgIpc) is 3.06. The van der Waals surface area contributed by atoms with Crippen LogP contribution >= 0.6 is 0 Å². The van der Waals surface area contributed by atoms with Gasteiger partial charge in [-0.3, -0.25) is 4.79 Å². The summed E-state index contributed by atoms with van der Waals surface area (Å²) in [6, 6.07) is -0.813. The smallest absolute Gasteiger partial charge is 0.249 e. The zero-order valence-electron chi connectivity index (χ0n) is 30.2. The van der Waals surface area contributed by atoms with Crippen LogP contribution < -0.4 is 5.32 Å². The van der Waals surface area contributed by atoms with Crippen molar-refractivity contribution in [3.05, 3.63) is 48.6 Å². The number of rotatable bonds is 34. The average molecular weight is 646 g/mol. The van der Waals surface area contributed by atoms with E-state index >= 15 is 0 Å². The first kappa shape index (κ1) is 44.3. The number of aliphatic hydroxyl groups excluding tert-OH is 3. The van der Waals surface area contributed by atoms with Crippen molar-refractivity contribution in [1.29, 1.82) is 0 Å². The van der Waals surface area contributed by atoms with E-state index in [9.17, 15) is 20.1 Å². The van der Waals surface area contributed by atoms with Gasteiger partial charge in [-0.05, 0) is 57.8 Å². The third-order valence-electron chi connectivity index (χ3n) is 8.65. The van der Waals surface area contributed by atoms with Gasteiger partial charge in [0.05, 0.1) is 18.8 Å². The Labute approximate surface area is 285 Å². The highest BCUT2D eigenvalue weighted by atomic mass is 16.3. The predicted octanol–water partition coefficient (Wildman–Crippen LogP) is 10.6. The second-order valence-electron chi connectivity index (χ2n) is 13.1. The van der Waals surface area contributed by atoms with E-state index in [4.69, 9.17) is 0 Å². The standard InChI is InChI=1S/C41H75NO4/c1-3-5-7-9-11-13-15-17-18-19-20-21-22-23-24-26-28-30-32-34-36-40(45)41(46)42-38(37-43)39(44)35-33-31-29-27-25-16-14-12-10-8-6-4-2/h5,7,11,13,25,27,33,35,38-40,43-45H,3-4,6,8-10,12,14-24,26,28-32,34,36-37H2,1-2H3,(H,42,46)/b7-5-,13-11-,27-25+,35-33+. The van der Waals surface area contributed by atoms with E-state index < -0.39 is 24.2 Å². The first-order valence-electron chi connectivity index (χ1n) is 19.5.